The van der Waals surface area contributed by atoms with Crippen LogP contribution in [0.3, 0.4) is 0 Å². The number of amides is 1. The fourth-order valence-electron chi connectivity index (χ4n) is 3.88. The second-order valence-corrected chi connectivity index (χ2v) is 9.26. The Morgan fingerprint density at radius 1 is 1.03 bits per heavy atom. The van der Waals surface area contributed by atoms with Gasteiger partial charge in [-0.2, -0.15) is 0 Å². The molecular formula is C29H38N2O2. The molecule has 4 heteroatoms. The molecule has 0 aliphatic carbocycles. The average molecular weight is 447 g/mol. The molecule has 1 atom stereocenters. The number of nitrogens with zero attached hydrogens (tertiary/aromatic N) is 2. The number of carbonyl (C=O) groups is 1. The highest BCUT2D eigenvalue weighted by Crippen LogP contribution is 2.21. The van der Waals surface area contributed by atoms with Crippen molar-refractivity contribution in [2.45, 2.75) is 66.6 Å². The van der Waals surface area contributed by atoms with E-state index in [-0.39, 0.29) is 11.9 Å². The van der Waals surface area contributed by atoms with Gasteiger partial charge in [-0.25, -0.2) is 0 Å². The molecule has 0 spiro atoms. The molecule has 4 nitrogen and oxygen atoms in total. The molecule has 0 aliphatic rings. The van der Waals surface area contributed by atoms with E-state index in [1.807, 2.05) is 29.2 Å². The third-order valence-electron chi connectivity index (χ3n) is 6.28. The smallest absolute Gasteiger partial charge is 0.254 e. The van der Waals surface area contributed by atoms with Crippen LogP contribution in [0.25, 0.3) is 0 Å². The van der Waals surface area contributed by atoms with E-state index < -0.39 is 0 Å². The maximum Gasteiger partial charge on any atom is 0.254 e. The van der Waals surface area contributed by atoms with Crippen LogP contribution in [0, 0.1) is 12.8 Å². The molecule has 1 unspecified atom stereocenters. The van der Waals surface area contributed by atoms with Crippen molar-refractivity contribution < 1.29 is 9.53 Å². The van der Waals surface area contributed by atoms with Gasteiger partial charge in [0, 0.05) is 30.0 Å². The van der Waals surface area contributed by atoms with Gasteiger partial charge in [0.25, 0.3) is 5.91 Å². The first-order valence-corrected chi connectivity index (χ1v) is 12.1. The third kappa shape index (κ3) is 6.74. The van der Waals surface area contributed by atoms with E-state index in [2.05, 4.69) is 81.8 Å². The van der Waals surface area contributed by atoms with E-state index in [1.165, 1.54) is 11.1 Å². The van der Waals surface area contributed by atoms with E-state index >= 15 is 0 Å². The fraction of sp³-hybridized carbons (Fsp3) is 0.414. The van der Waals surface area contributed by atoms with Gasteiger partial charge in [0.15, 0.2) is 0 Å². The summed E-state index contributed by atoms with van der Waals surface area (Å²) in [5, 5.41) is 0. The predicted molar refractivity (Wildman–Crippen MR) is 136 cm³/mol. The van der Waals surface area contributed by atoms with Gasteiger partial charge in [-0.3, -0.25) is 4.79 Å². The van der Waals surface area contributed by atoms with Gasteiger partial charge in [-0.1, -0.05) is 57.0 Å². The van der Waals surface area contributed by atoms with Crippen LogP contribution in [-0.2, 0) is 13.1 Å². The number of ether oxygens (including phenoxy) is 1. The van der Waals surface area contributed by atoms with Crippen molar-refractivity contribution >= 4 is 5.91 Å². The van der Waals surface area contributed by atoms with Crippen LogP contribution in [0.2, 0.25) is 0 Å². The Morgan fingerprint density at radius 2 is 1.79 bits per heavy atom. The molecule has 1 amide bonds. The quantitative estimate of drug-likeness (QED) is 0.307. The summed E-state index contributed by atoms with van der Waals surface area (Å²) in [6.45, 7) is 12.8. The lowest BCUT2D eigenvalue weighted by molar-refractivity contribution is 0.0622. The molecule has 3 aromatic rings. The minimum Gasteiger partial charge on any atom is -0.494 e. The fourth-order valence-corrected chi connectivity index (χ4v) is 3.88. The molecule has 33 heavy (non-hydrogen) atoms. The zero-order chi connectivity index (χ0) is 23.8. The van der Waals surface area contributed by atoms with Crippen LogP contribution < -0.4 is 4.74 Å². The lowest BCUT2D eigenvalue weighted by Gasteiger charge is -2.32. The molecule has 1 aromatic heterocycles. The van der Waals surface area contributed by atoms with Gasteiger partial charge in [0.05, 0.1) is 13.2 Å². The molecule has 0 bridgehead atoms. The van der Waals surface area contributed by atoms with Crippen molar-refractivity contribution in [2.24, 2.45) is 5.92 Å². The van der Waals surface area contributed by atoms with Crippen LogP contribution in [0.4, 0.5) is 0 Å². The van der Waals surface area contributed by atoms with Crippen molar-refractivity contribution in [3.63, 3.8) is 0 Å². The summed E-state index contributed by atoms with van der Waals surface area (Å²) in [5.41, 5.74) is 4.36. The zero-order valence-electron chi connectivity index (χ0n) is 20.8. The van der Waals surface area contributed by atoms with Crippen LogP contribution in [0.1, 0.15) is 67.7 Å². The van der Waals surface area contributed by atoms with Gasteiger partial charge in [0.2, 0.25) is 0 Å². The Balaban J connectivity index is 1.78. The second-order valence-electron chi connectivity index (χ2n) is 9.26. The van der Waals surface area contributed by atoms with Crippen molar-refractivity contribution in [1.82, 2.24) is 9.47 Å². The standard InChI is InChI=1S/C29H38N2O2/c1-6-7-18-33-28-15-13-26(14-16-28)29(32)31(24(5)22(2)3)21-27-12-9-17-30(27)20-25-11-8-10-23(4)19-25/h8-17,19,22,24H,6-7,18,20-21H2,1-5H3. The SMILES string of the molecule is CCCCOc1ccc(C(=O)N(Cc2cccn2Cc2cccc(C)c2)C(C)C(C)C)cc1. The second kappa shape index (κ2) is 11.7. The normalized spacial score (nSPS) is 12.1. The van der Waals surface area contributed by atoms with Crippen molar-refractivity contribution in [3.05, 3.63) is 89.2 Å². The Kier molecular flexibility index (Phi) is 8.76. The van der Waals surface area contributed by atoms with Crippen molar-refractivity contribution in [1.29, 1.82) is 0 Å². The lowest BCUT2D eigenvalue weighted by Crippen LogP contribution is -2.41. The molecule has 0 saturated heterocycles. The molecule has 0 N–H and O–H groups in total. The van der Waals surface area contributed by atoms with Crippen molar-refractivity contribution in [2.75, 3.05) is 6.61 Å². The maximum atomic E-state index is 13.6. The minimum atomic E-state index is 0.0552. The van der Waals surface area contributed by atoms with Crippen LogP contribution in [-0.4, -0.2) is 28.0 Å². The molecule has 3 rings (SSSR count). The average Bonchev–Trinajstić information content (AvgIpc) is 3.23. The largest absolute Gasteiger partial charge is 0.494 e. The maximum absolute atomic E-state index is 13.6. The highest BCUT2D eigenvalue weighted by molar-refractivity contribution is 5.94. The summed E-state index contributed by atoms with van der Waals surface area (Å²) < 4.78 is 8.01. The Hall–Kier alpha value is -3.01. The molecule has 0 saturated carbocycles. The van der Waals surface area contributed by atoms with Gasteiger partial charge < -0.3 is 14.2 Å². The van der Waals surface area contributed by atoms with Crippen molar-refractivity contribution in [3.8, 4) is 5.75 Å². The Morgan fingerprint density at radius 3 is 2.45 bits per heavy atom. The molecule has 0 aliphatic heterocycles. The number of aromatic nitrogens is 1. The Bertz CT molecular complexity index is 1020. The summed E-state index contributed by atoms with van der Waals surface area (Å²) in [4.78, 5) is 15.6. The molecule has 1 heterocycles. The first kappa shape index (κ1) is 24.6. The first-order chi connectivity index (χ1) is 15.9. The minimum absolute atomic E-state index is 0.0552. The molecular weight excluding hydrogens is 408 g/mol. The van der Waals surface area contributed by atoms with Crippen LogP contribution in [0.5, 0.6) is 5.75 Å². The van der Waals surface area contributed by atoms with E-state index in [0.29, 0.717) is 24.6 Å². The topological polar surface area (TPSA) is 34.5 Å². The predicted octanol–water partition coefficient (Wildman–Crippen LogP) is 6.71. The molecule has 0 radical (unpaired) electrons. The van der Waals surface area contributed by atoms with E-state index in [4.69, 9.17) is 4.74 Å². The molecule has 0 fully saturated rings. The van der Waals surface area contributed by atoms with E-state index in [9.17, 15) is 4.79 Å². The van der Waals surface area contributed by atoms with Crippen LogP contribution >= 0.6 is 0 Å². The highest BCUT2D eigenvalue weighted by atomic mass is 16.5. The van der Waals surface area contributed by atoms with E-state index in [0.717, 1.165) is 30.8 Å². The van der Waals surface area contributed by atoms with Gasteiger partial charge in [-0.05, 0) is 68.1 Å². The number of benzene rings is 2. The summed E-state index contributed by atoms with van der Waals surface area (Å²) in [5.74, 6) is 1.22. The van der Waals surface area contributed by atoms with Gasteiger partial charge >= 0.3 is 0 Å². The number of carbonyl (C=O) groups excluding carboxylic acids is 1. The monoisotopic (exact) mass is 446 g/mol. The lowest BCUT2D eigenvalue weighted by atomic mass is 10.0. The third-order valence-corrected chi connectivity index (χ3v) is 6.28. The molecule has 176 valence electrons. The Labute approximate surface area is 199 Å². The summed E-state index contributed by atoms with van der Waals surface area (Å²) in [7, 11) is 0. The summed E-state index contributed by atoms with van der Waals surface area (Å²) in [6, 6.07) is 20.5. The number of aryl methyl sites for hydroxylation is 1. The van der Waals surface area contributed by atoms with E-state index in [1.54, 1.807) is 0 Å². The summed E-state index contributed by atoms with van der Waals surface area (Å²) >= 11 is 0. The highest BCUT2D eigenvalue weighted by Gasteiger charge is 2.25. The number of hydrogen-bond donors (Lipinski definition) is 0. The summed E-state index contributed by atoms with van der Waals surface area (Å²) in [6.07, 6.45) is 4.23. The first-order valence-electron chi connectivity index (χ1n) is 12.1. The number of rotatable bonds is 11. The van der Waals surface area contributed by atoms with Crippen LogP contribution in [0.15, 0.2) is 66.9 Å². The number of hydrogen-bond acceptors (Lipinski definition) is 2. The van der Waals surface area contributed by atoms with Gasteiger partial charge in [0.1, 0.15) is 5.75 Å². The zero-order valence-corrected chi connectivity index (χ0v) is 20.8. The number of unbranched alkanes of at least 4 members (excludes halogenated alkanes) is 1. The van der Waals surface area contributed by atoms with Gasteiger partial charge in [-0.15, -0.1) is 0 Å². The molecule has 2 aromatic carbocycles.